The van der Waals surface area contributed by atoms with E-state index in [-0.39, 0.29) is 0 Å². The predicted octanol–water partition coefficient (Wildman–Crippen LogP) is 5.13. The lowest BCUT2D eigenvalue weighted by molar-refractivity contribution is 0.220. The fourth-order valence-corrected chi connectivity index (χ4v) is 3.14. The Morgan fingerprint density at radius 1 is 0.647 bits per heavy atom. The maximum Gasteiger partial charge on any atom is 0.110 e. The first kappa shape index (κ1) is 15.1. The SMILES string of the molecule is BC1(C(C)(C)C)CCCCCCCCCCC1. The van der Waals surface area contributed by atoms with Crippen LogP contribution < -0.4 is 0 Å². The molecule has 1 aliphatic rings. The van der Waals surface area contributed by atoms with E-state index in [0.29, 0.717) is 10.7 Å². The van der Waals surface area contributed by atoms with Crippen molar-refractivity contribution in [2.75, 3.05) is 0 Å². The summed E-state index contributed by atoms with van der Waals surface area (Å²) in [4.78, 5) is 0. The molecule has 0 bridgehead atoms. The zero-order valence-electron chi connectivity index (χ0n) is 12.8. The van der Waals surface area contributed by atoms with Crippen LogP contribution in [0.25, 0.3) is 0 Å². The molecular formula is C16H33B. The van der Waals surface area contributed by atoms with Crippen LogP contribution in [-0.2, 0) is 0 Å². The molecular weight excluding hydrogens is 203 g/mol. The summed E-state index contributed by atoms with van der Waals surface area (Å²) >= 11 is 0. The van der Waals surface area contributed by atoms with Gasteiger partial charge in [0, 0.05) is 0 Å². The summed E-state index contributed by atoms with van der Waals surface area (Å²) in [5, 5.41) is 0.562. The molecule has 1 aliphatic carbocycles. The van der Waals surface area contributed by atoms with Crippen LogP contribution in [0.5, 0.6) is 0 Å². The van der Waals surface area contributed by atoms with E-state index in [1.165, 1.54) is 70.6 Å². The van der Waals surface area contributed by atoms with Crippen molar-refractivity contribution in [2.45, 2.75) is 96.7 Å². The topological polar surface area (TPSA) is 0 Å². The summed E-state index contributed by atoms with van der Waals surface area (Å²) in [5.74, 6) is 0. The van der Waals surface area contributed by atoms with E-state index in [2.05, 4.69) is 28.6 Å². The maximum absolute atomic E-state index is 2.54. The summed E-state index contributed by atoms with van der Waals surface area (Å²) in [6.07, 6.45) is 16.1. The molecule has 0 N–H and O–H groups in total. The van der Waals surface area contributed by atoms with E-state index >= 15 is 0 Å². The normalized spacial score (nSPS) is 24.6. The maximum atomic E-state index is 2.54. The highest BCUT2D eigenvalue weighted by Crippen LogP contribution is 2.50. The number of rotatable bonds is 0. The minimum Gasteiger partial charge on any atom is -0.0603 e. The average Bonchev–Trinajstić information content (AvgIpc) is 2.21. The second kappa shape index (κ2) is 6.85. The number of hydrogen-bond donors (Lipinski definition) is 0. The van der Waals surface area contributed by atoms with Crippen LogP contribution in [0.15, 0.2) is 0 Å². The van der Waals surface area contributed by atoms with Crippen LogP contribution in [0.2, 0.25) is 5.31 Å². The van der Waals surface area contributed by atoms with Crippen LogP contribution >= 0.6 is 0 Å². The average molecular weight is 236 g/mol. The van der Waals surface area contributed by atoms with Crippen molar-refractivity contribution >= 4 is 7.85 Å². The molecule has 0 aromatic carbocycles. The summed E-state index contributed by atoms with van der Waals surface area (Å²) in [5.41, 5.74) is 0.469. The van der Waals surface area contributed by atoms with Crippen molar-refractivity contribution in [1.82, 2.24) is 0 Å². The molecule has 0 spiro atoms. The van der Waals surface area contributed by atoms with Crippen molar-refractivity contribution in [2.24, 2.45) is 5.41 Å². The minimum atomic E-state index is 0.469. The molecule has 0 aromatic heterocycles. The standard InChI is InChI=1S/C16H33B/c1-15(2,3)16(17)13-11-9-7-5-4-6-8-10-12-14-16/h4-14,17H2,1-3H3. The Morgan fingerprint density at radius 2 is 0.941 bits per heavy atom. The second-order valence-corrected chi connectivity index (χ2v) is 7.49. The predicted molar refractivity (Wildman–Crippen MR) is 81.5 cm³/mol. The first-order valence-corrected chi connectivity index (χ1v) is 7.96. The van der Waals surface area contributed by atoms with Crippen LogP contribution in [0, 0.1) is 5.41 Å². The van der Waals surface area contributed by atoms with Crippen LogP contribution in [-0.4, -0.2) is 7.85 Å². The van der Waals surface area contributed by atoms with E-state index in [9.17, 15) is 0 Å². The van der Waals surface area contributed by atoms with Gasteiger partial charge in [-0.05, 0) is 5.41 Å². The lowest BCUT2D eigenvalue weighted by Crippen LogP contribution is -2.29. The Labute approximate surface area is 110 Å². The molecule has 0 unspecified atom stereocenters. The largest absolute Gasteiger partial charge is 0.110 e. The molecule has 0 nitrogen and oxygen atoms in total. The summed E-state index contributed by atoms with van der Waals surface area (Å²) < 4.78 is 0. The molecule has 1 saturated carbocycles. The summed E-state index contributed by atoms with van der Waals surface area (Å²) in [6.45, 7) is 7.33. The van der Waals surface area contributed by atoms with Crippen LogP contribution in [0.1, 0.15) is 91.4 Å². The van der Waals surface area contributed by atoms with Crippen LogP contribution in [0.3, 0.4) is 0 Å². The molecule has 100 valence electrons. The first-order valence-electron chi connectivity index (χ1n) is 7.96. The lowest BCUT2D eigenvalue weighted by Gasteiger charge is -2.43. The van der Waals surface area contributed by atoms with E-state index in [0.717, 1.165) is 0 Å². The fourth-order valence-electron chi connectivity index (χ4n) is 3.14. The molecule has 1 heteroatoms. The summed E-state index contributed by atoms with van der Waals surface area (Å²) in [6, 6.07) is 0. The van der Waals surface area contributed by atoms with Gasteiger partial charge >= 0.3 is 0 Å². The van der Waals surface area contributed by atoms with E-state index in [1.807, 2.05) is 0 Å². The zero-order chi connectivity index (χ0) is 12.8. The third-order valence-corrected chi connectivity index (χ3v) is 5.27. The molecule has 0 aromatic rings. The third kappa shape index (κ3) is 5.06. The molecule has 1 fully saturated rings. The van der Waals surface area contributed by atoms with Crippen molar-refractivity contribution < 1.29 is 0 Å². The Balaban J connectivity index is 2.54. The van der Waals surface area contributed by atoms with Gasteiger partial charge in [-0.1, -0.05) is 96.7 Å². The van der Waals surface area contributed by atoms with Gasteiger partial charge in [0.25, 0.3) is 0 Å². The number of hydrogen-bond acceptors (Lipinski definition) is 0. The van der Waals surface area contributed by atoms with Crippen LogP contribution in [0.4, 0.5) is 0 Å². The molecule has 0 aliphatic heterocycles. The summed E-state index contributed by atoms with van der Waals surface area (Å²) in [7, 11) is 2.54. The molecule has 0 atom stereocenters. The van der Waals surface area contributed by atoms with E-state index in [1.54, 1.807) is 0 Å². The van der Waals surface area contributed by atoms with Crippen molar-refractivity contribution in [3.05, 3.63) is 0 Å². The first-order chi connectivity index (χ1) is 7.96. The van der Waals surface area contributed by atoms with Gasteiger partial charge in [0.2, 0.25) is 0 Å². The fraction of sp³-hybridized carbons (Fsp3) is 1.00. The highest BCUT2D eigenvalue weighted by atomic mass is 14.4. The Morgan fingerprint density at radius 3 is 1.24 bits per heavy atom. The van der Waals surface area contributed by atoms with Crippen molar-refractivity contribution in [3.63, 3.8) is 0 Å². The molecule has 17 heavy (non-hydrogen) atoms. The quantitative estimate of drug-likeness (QED) is 0.511. The van der Waals surface area contributed by atoms with E-state index in [4.69, 9.17) is 0 Å². The van der Waals surface area contributed by atoms with Gasteiger partial charge in [-0.15, -0.1) is 0 Å². The highest BCUT2D eigenvalue weighted by molar-refractivity contribution is 6.15. The molecule has 0 radical (unpaired) electrons. The van der Waals surface area contributed by atoms with Gasteiger partial charge in [-0.25, -0.2) is 0 Å². The highest BCUT2D eigenvalue weighted by Gasteiger charge is 2.35. The van der Waals surface area contributed by atoms with Gasteiger partial charge < -0.3 is 0 Å². The van der Waals surface area contributed by atoms with Gasteiger partial charge in [0.15, 0.2) is 0 Å². The molecule has 0 amide bonds. The molecule has 0 heterocycles. The molecule has 1 rings (SSSR count). The lowest BCUT2D eigenvalue weighted by atomic mass is 9.50. The molecule has 0 saturated heterocycles. The van der Waals surface area contributed by atoms with Crippen molar-refractivity contribution in [3.8, 4) is 0 Å². The Kier molecular flexibility index (Phi) is 6.10. The van der Waals surface area contributed by atoms with Gasteiger partial charge in [-0.3, -0.25) is 0 Å². The van der Waals surface area contributed by atoms with E-state index < -0.39 is 0 Å². The van der Waals surface area contributed by atoms with Crippen molar-refractivity contribution in [1.29, 1.82) is 0 Å². The minimum absolute atomic E-state index is 0.469. The monoisotopic (exact) mass is 236 g/mol. The Hall–Kier alpha value is 0.0649. The third-order valence-electron chi connectivity index (χ3n) is 5.27. The van der Waals surface area contributed by atoms with Gasteiger partial charge in [0.05, 0.1) is 0 Å². The smallest absolute Gasteiger partial charge is 0.0603 e. The van der Waals surface area contributed by atoms with Gasteiger partial charge in [0.1, 0.15) is 7.85 Å². The Bertz CT molecular complexity index is 190. The second-order valence-electron chi connectivity index (χ2n) is 7.49. The zero-order valence-corrected chi connectivity index (χ0v) is 12.8. The van der Waals surface area contributed by atoms with Gasteiger partial charge in [-0.2, -0.15) is 0 Å².